The van der Waals surface area contributed by atoms with Gasteiger partial charge in [-0.2, -0.15) is 0 Å². The summed E-state index contributed by atoms with van der Waals surface area (Å²) in [5.41, 5.74) is 5.38. The molecule has 10 nitrogen and oxygen atoms in total. The average molecular weight is 566 g/mol. The number of unbranched alkanes of at least 4 members (excludes halogenated alkanes) is 1. The molecular formula is C28H41F2N5O5. The molecule has 1 saturated heterocycles. The van der Waals surface area contributed by atoms with E-state index in [-0.39, 0.29) is 36.8 Å². The number of likely N-dealkylation sites (tertiary alicyclic amines) is 1. The fraction of sp³-hybridized carbons (Fsp3) is 0.643. The number of halogens is 2. The van der Waals surface area contributed by atoms with Gasteiger partial charge < -0.3 is 29.6 Å². The predicted octanol–water partition coefficient (Wildman–Crippen LogP) is 3.95. The zero-order valence-electron chi connectivity index (χ0n) is 24.2. The Morgan fingerprint density at radius 2 is 1.82 bits per heavy atom. The van der Waals surface area contributed by atoms with Crippen molar-refractivity contribution >= 4 is 28.9 Å². The molecule has 0 radical (unpaired) electrons. The van der Waals surface area contributed by atoms with Crippen LogP contribution in [0.3, 0.4) is 0 Å². The molecular weight excluding hydrogens is 524 g/mol. The van der Waals surface area contributed by atoms with Gasteiger partial charge in [-0.15, -0.1) is 0 Å². The van der Waals surface area contributed by atoms with Crippen LogP contribution in [0.4, 0.5) is 13.6 Å². The molecule has 0 bridgehead atoms. The fourth-order valence-corrected chi connectivity index (χ4v) is 4.93. The molecule has 2 aromatic rings. The molecule has 1 aliphatic heterocycles. The minimum Gasteiger partial charge on any atom is -0.444 e. The Labute approximate surface area is 233 Å². The maximum Gasteiger partial charge on any atom is 0.410 e. The van der Waals surface area contributed by atoms with Crippen LogP contribution in [0.1, 0.15) is 64.5 Å². The van der Waals surface area contributed by atoms with Crippen molar-refractivity contribution in [2.24, 2.45) is 17.6 Å². The first kappa shape index (κ1) is 31.3. The number of benzene rings is 1. The lowest BCUT2D eigenvalue weighted by Gasteiger charge is -2.42. The van der Waals surface area contributed by atoms with Crippen LogP contribution >= 0.6 is 0 Å². The van der Waals surface area contributed by atoms with Crippen LogP contribution in [0.5, 0.6) is 0 Å². The molecule has 0 saturated carbocycles. The van der Waals surface area contributed by atoms with E-state index in [9.17, 15) is 23.2 Å². The fourth-order valence-electron chi connectivity index (χ4n) is 4.93. The lowest BCUT2D eigenvalue weighted by Crippen LogP contribution is -2.57. The summed E-state index contributed by atoms with van der Waals surface area (Å²) in [6.45, 7) is 10.5. The van der Waals surface area contributed by atoms with Crippen LogP contribution in [0, 0.1) is 23.5 Å². The smallest absolute Gasteiger partial charge is 0.410 e. The SMILES string of the molecule is COCCCCn1c(C(=O)N(CC(C)C)[C@H]2CC(C(N)=O)CN(C(=O)OC(C)(C)C)C2)nc2cc(F)c(F)cc21. The van der Waals surface area contributed by atoms with Crippen molar-refractivity contribution < 1.29 is 32.6 Å². The molecule has 1 unspecified atom stereocenters. The van der Waals surface area contributed by atoms with E-state index in [4.69, 9.17) is 15.2 Å². The molecule has 1 fully saturated rings. The lowest BCUT2D eigenvalue weighted by molar-refractivity contribution is -0.124. The summed E-state index contributed by atoms with van der Waals surface area (Å²) in [6, 6.07) is 1.46. The highest BCUT2D eigenvalue weighted by Gasteiger charge is 2.40. The number of carbonyl (C=O) groups excluding carboxylic acids is 3. The van der Waals surface area contributed by atoms with E-state index in [1.54, 1.807) is 37.3 Å². The van der Waals surface area contributed by atoms with Gasteiger partial charge in [0.05, 0.1) is 23.0 Å². The summed E-state index contributed by atoms with van der Waals surface area (Å²) in [6.07, 6.45) is 0.959. The average Bonchev–Trinajstić information content (AvgIpc) is 3.20. The van der Waals surface area contributed by atoms with Crippen LogP contribution in [0.25, 0.3) is 11.0 Å². The number of fused-ring (bicyclic) bond motifs is 1. The first-order valence-corrected chi connectivity index (χ1v) is 13.6. The van der Waals surface area contributed by atoms with Gasteiger partial charge in [0, 0.05) is 52.0 Å². The van der Waals surface area contributed by atoms with Gasteiger partial charge >= 0.3 is 6.09 Å². The Morgan fingerprint density at radius 3 is 2.42 bits per heavy atom. The van der Waals surface area contributed by atoms with Gasteiger partial charge in [-0.25, -0.2) is 18.6 Å². The maximum atomic E-state index is 14.2. The molecule has 0 spiro atoms. The lowest BCUT2D eigenvalue weighted by atomic mass is 9.92. The third kappa shape index (κ3) is 7.67. The number of rotatable bonds is 10. The van der Waals surface area contributed by atoms with Crippen LogP contribution in [-0.2, 0) is 20.8 Å². The number of primary amides is 1. The number of aryl methyl sites for hydroxylation is 1. The second kappa shape index (κ2) is 12.9. The highest BCUT2D eigenvalue weighted by Crippen LogP contribution is 2.27. The first-order chi connectivity index (χ1) is 18.7. The van der Waals surface area contributed by atoms with E-state index in [2.05, 4.69) is 4.98 Å². The Morgan fingerprint density at radius 1 is 1.15 bits per heavy atom. The molecule has 2 N–H and O–H groups in total. The zero-order valence-corrected chi connectivity index (χ0v) is 24.2. The highest BCUT2D eigenvalue weighted by molar-refractivity contribution is 5.95. The van der Waals surface area contributed by atoms with E-state index >= 15 is 0 Å². The predicted molar refractivity (Wildman–Crippen MR) is 146 cm³/mol. The molecule has 2 atom stereocenters. The normalized spacial score (nSPS) is 17.9. The third-order valence-electron chi connectivity index (χ3n) is 6.71. The molecule has 0 aliphatic carbocycles. The Hall–Kier alpha value is -3.28. The number of ether oxygens (including phenoxy) is 2. The van der Waals surface area contributed by atoms with Gasteiger partial charge in [0.25, 0.3) is 5.91 Å². The maximum absolute atomic E-state index is 14.2. The van der Waals surface area contributed by atoms with Crippen molar-refractivity contribution in [3.8, 4) is 0 Å². The van der Waals surface area contributed by atoms with E-state index < -0.39 is 47.1 Å². The minimum atomic E-state index is -1.06. The summed E-state index contributed by atoms with van der Waals surface area (Å²) in [4.78, 5) is 46.9. The number of carbonyl (C=O) groups is 3. The molecule has 1 aromatic heterocycles. The monoisotopic (exact) mass is 565 g/mol. The Bertz CT molecular complexity index is 1230. The zero-order chi connectivity index (χ0) is 29.8. The van der Waals surface area contributed by atoms with Gasteiger partial charge in [0.1, 0.15) is 5.60 Å². The number of methoxy groups -OCH3 is 1. The number of amides is 3. The number of nitrogens with zero attached hydrogens (tertiary/aromatic N) is 4. The largest absolute Gasteiger partial charge is 0.444 e. The second-order valence-electron chi connectivity index (χ2n) is 11.8. The first-order valence-electron chi connectivity index (χ1n) is 13.6. The molecule has 3 rings (SSSR count). The van der Waals surface area contributed by atoms with Gasteiger partial charge in [0.15, 0.2) is 17.5 Å². The van der Waals surface area contributed by atoms with Crippen molar-refractivity contribution in [2.75, 3.05) is 33.4 Å². The van der Waals surface area contributed by atoms with Crippen molar-refractivity contribution in [1.29, 1.82) is 0 Å². The number of piperidine rings is 1. The highest BCUT2D eigenvalue weighted by atomic mass is 19.2. The molecule has 2 heterocycles. The standard InChI is InChI=1S/C28H41F2N5O5/c1-17(2)14-35(19-11-18(24(31)36)15-33(16-19)27(38)40-28(3,4)5)26(37)25-32-22-12-20(29)21(30)13-23(22)34(25)9-7-8-10-39-6/h12-13,17-19H,7-11,14-16H2,1-6H3,(H2,31,36)/t18?,19-/m0/s1. The van der Waals surface area contributed by atoms with Gasteiger partial charge in [-0.3, -0.25) is 9.59 Å². The van der Waals surface area contributed by atoms with Crippen molar-refractivity contribution in [3.05, 3.63) is 29.6 Å². The summed E-state index contributed by atoms with van der Waals surface area (Å²) >= 11 is 0. The van der Waals surface area contributed by atoms with Crippen molar-refractivity contribution in [3.63, 3.8) is 0 Å². The van der Waals surface area contributed by atoms with E-state index in [1.807, 2.05) is 13.8 Å². The molecule has 1 aliphatic rings. The molecule has 12 heteroatoms. The quantitative estimate of drug-likeness (QED) is 0.436. The van der Waals surface area contributed by atoms with Crippen LogP contribution in [-0.4, -0.2) is 82.3 Å². The van der Waals surface area contributed by atoms with E-state index in [0.29, 0.717) is 38.1 Å². The van der Waals surface area contributed by atoms with Gasteiger partial charge in [0.2, 0.25) is 5.91 Å². The number of hydrogen-bond acceptors (Lipinski definition) is 6. The van der Waals surface area contributed by atoms with Gasteiger partial charge in [-0.05, 0) is 46.0 Å². The van der Waals surface area contributed by atoms with Gasteiger partial charge in [-0.1, -0.05) is 13.8 Å². The van der Waals surface area contributed by atoms with Crippen LogP contribution < -0.4 is 5.73 Å². The van der Waals surface area contributed by atoms with Crippen LogP contribution in [0.15, 0.2) is 12.1 Å². The molecule has 40 heavy (non-hydrogen) atoms. The summed E-state index contributed by atoms with van der Waals surface area (Å²) in [5.74, 6) is -3.76. The number of aromatic nitrogens is 2. The third-order valence-corrected chi connectivity index (χ3v) is 6.71. The second-order valence-corrected chi connectivity index (χ2v) is 11.8. The summed E-state index contributed by atoms with van der Waals surface area (Å²) < 4.78 is 40.6. The molecule has 1 aromatic carbocycles. The minimum absolute atomic E-state index is 0.0299. The van der Waals surface area contributed by atoms with Crippen molar-refractivity contribution in [2.45, 2.75) is 72.1 Å². The number of nitrogens with two attached hydrogens (primary N) is 1. The van der Waals surface area contributed by atoms with E-state index in [1.165, 1.54) is 4.90 Å². The number of imidazole rings is 1. The molecule has 222 valence electrons. The Kier molecular flexibility index (Phi) is 10.1. The van der Waals surface area contributed by atoms with E-state index in [0.717, 1.165) is 12.1 Å². The van der Waals surface area contributed by atoms with Crippen molar-refractivity contribution in [1.82, 2.24) is 19.4 Å². The molecule has 3 amide bonds. The topological polar surface area (TPSA) is 120 Å². The van der Waals surface area contributed by atoms with Crippen LogP contribution in [0.2, 0.25) is 0 Å². The summed E-state index contributed by atoms with van der Waals surface area (Å²) in [7, 11) is 1.59. The summed E-state index contributed by atoms with van der Waals surface area (Å²) in [5, 5.41) is 0. The Balaban J connectivity index is 2.03. The number of hydrogen-bond donors (Lipinski definition) is 1.